The van der Waals surface area contributed by atoms with Crippen LogP contribution < -0.4 is 15.1 Å². The summed E-state index contributed by atoms with van der Waals surface area (Å²) >= 11 is 0. The molecule has 0 radical (unpaired) electrons. The Balaban J connectivity index is 1.65. The molecule has 3 aliphatic rings. The van der Waals surface area contributed by atoms with Gasteiger partial charge in [-0.3, -0.25) is 4.79 Å². The van der Waals surface area contributed by atoms with Gasteiger partial charge in [-0.1, -0.05) is 6.07 Å². The number of phenols is 1. The number of aromatic hydroxyl groups is 1. The zero-order valence-corrected chi connectivity index (χ0v) is 22.6. The van der Waals surface area contributed by atoms with Crippen LogP contribution in [-0.4, -0.2) is 78.2 Å². The van der Waals surface area contributed by atoms with E-state index in [-0.39, 0.29) is 28.9 Å². The van der Waals surface area contributed by atoms with Crippen molar-refractivity contribution in [1.82, 2.24) is 0 Å². The minimum Gasteiger partial charge on any atom is -0.505 e. The summed E-state index contributed by atoms with van der Waals surface area (Å²) in [6, 6.07) is 9.82. The van der Waals surface area contributed by atoms with Crippen LogP contribution in [0.5, 0.6) is 11.5 Å². The molecule has 1 aliphatic carbocycles. The second kappa shape index (κ2) is 13.3. The van der Waals surface area contributed by atoms with Gasteiger partial charge < -0.3 is 38.1 Å². The number of ether oxygens (including phenoxy) is 5. The molecule has 0 spiro atoms. The highest BCUT2D eigenvalue weighted by atomic mass is 19.1. The molecule has 218 valence electrons. The first kappa shape index (κ1) is 28.7. The first-order valence-electron chi connectivity index (χ1n) is 13.3. The fraction of sp³-hybridized carbons (Fsp3) is 0.367. The molecular weight excluding hydrogens is 540 g/mol. The summed E-state index contributed by atoms with van der Waals surface area (Å²) in [6.45, 7) is 4.34. The quantitative estimate of drug-likeness (QED) is 0.357. The molecule has 9 nitrogen and oxygen atoms in total. The van der Waals surface area contributed by atoms with E-state index in [1.165, 1.54) is 0 Å². The summed E-state index contributed by atoms with van der Waals surface area (Å²) < 4.78 is 63.3. The molecule has 2 aromatic rings. The lowest BCUT2D eigenvalue weighted by atomic mass is 9.93. The van der Waals surface area contributed by atoms with Gasteiger partial charge in [-0.25, -0.2) is 8.78 Å². The minimum atomic E-state index is -0.968. The lowest BCUT2D eigenvalue weighted by molar-refractivity contribution is 0.0110. The third kappa shape index (κ3) is 6.59. The van der Waals surface area contributed by atoms with E-state index in [1.54, 1.807) is 13.2 Å². The number of halogens is 2. The molecule has 11 heteroatoms. The van der Waals surface area contributed by atoms with Gasteiger partial charge in [-0.05, 0) is 29.8 Å². The standard InChI is InChI=1S/C30H31F2NO8/c1-36-6-4-33-5-7-37-8-9-38-10-11-39-12-13-40-29-14-19(2-3-24(29)33)30-20-15-22(31)25(34)17-27(20)41-28-18-26(35)23(32)16-21(28)30/h2-3,14-18,34H,4-13H2,1H3. The Kier molecular flexibility index (Phi) is 9.30. The summed E-state index contributed by atoms with van der Waals surface area (Å²) in [5.41, 5.74) is 1.30. The van der Waals surface area contributed by atoms with Gasteiger partial charge in [0, 0.05) is 48.8 Å². The third-order valence-electron chi connectivity index (χ3n) is 6.73. The van der Waals surface area contributed by atoms with Crippen LogP contribution in [0.3, 0.4) is 0 Å². The largest absolute Gasteiger partial charge is 0.505 e. The van der Waals surface area contributed by atoms with Crippen molar-refractivity contribution in [3.63, 3.8) is 0 Å². The molecule has 2 heterocycles. The maximum atomic E-state index is 14.6. The van der Waals surface area contributed by atoms with Crippen molar-refractivity contribution in [2.45, 2.75) is 0 Å². The van der Waals surface area contributed by atoms with Crippen molar-refractivity contribution >= 4 is 16.7 Å². The highest BCUT2D eigenvalue weighted by Gasteiger charge is 2.23. The van der Waals surface area contributed by atoms with Crippen LogP contribution in [0.4, 0.5) is 14.5 Å². The molecule has 2 aliphatic heterocycles. The summed E-state index contributed by atoms with van der Waals surface area (Å²) in [6.07, 6.45) is 0. The predicted octanol–water partition coefficient (Wildman–Crippen LogP) is 4.44. The summed E-state index contributed by atoms with van der Waals surface area (Å²) in [5.74, 6) is -1.84. The first-order valence-corrected chi connectivity index (χ1v) is 13.3. The minimum absolute atomic E-state index is 0.0939. The smallest absolute Gasteiger partial charge is 0.217 e. The molecule has 0 atom stereocenters. The van der Waals surface area contributed by atoms with Crippen molar-refractivity contribution in [3.8, 4) is 33.9 Å². The van der Waals surface area contributed by atoms with E-state index in [0.29, 0.717) is 76.2 Å². The molecule has 0 saturated heterocycles. The SMILES string of the molecule is COCCN1CCOCCOCCOCCOc2cc(-c3c4cc(F)c(=O)cc-4oc4cc(O)c(F)cc34)ccc21. The predicted molar refractivity (Wildman–Crippen MR) is 148 cm³/mol. The fourth-order valence-corrected chi connectivity index (χ4v) is 4.74. The summed E-state index contributed by atoms with van der Waals surface area (Å²) in [7, 11) is 1.62. The zero-order chi connectivity index (χ0) is 28.8. The number of anilines is 1. The first-order chi connectivity index (χ1) is 20.0. The van der Waals surface area contributed by atoms with Crippen molar-refractivity contribution in [2.24, 2.45) is 0 Å². The Morgan fingerprint density at radius 2 is 1.63 bits per heavy atom. The monoisotopic (exact) mass is 571 g/mol. The number of hydrogen-bond donors (Lipinski definition) is 1. The number of phenolic OH excluding ortho intramolecular Hbond substituents is 1. The lowest BCUT2D eigenvalue weighted by Crippen LogP contribution is -2.31. The van der Waals surface area contributed by atoms with Crippen LogP contribution in [0.25, 0.3) is 33.4 Å². The number of hydrogen-bond acceptors (Lipinski definition) is 9. The highest BCUT2D eigenvalue weighted by molar-refractivity contribution is 6.02. The van der Waals surface area contributed by atoms with Gasteiger partial charge in [0.25, 0.3) is 0 Å². The molecule has 1 N–H and O–H groups in total. The normalized spacial score (nSPS) is 15.7. The Hall–Kier alpha value is -3.77. The van der Waals surface area contributed by atoms with E-state index in [9.17, 15) is 18.7 Å². The zero-order valence-electron chi connectivity index (χ0n) is 22.6. The Morgan fingerprint density at radius 1 is 0.902 bits per heavy atom. The van der Waals surface area contributed by atoms with E-state index in [4.69, 9.17) is 28.1 Å². The molecule has 0 bridgehead atoms. The van der Waals surface area contributed by atoms with E-state index in [0.717, 1.165) is 30.0 Å². The lowest BCUT2D eigenvalue weighted by Gasteiger charge is -2.27. The van der Waals surface area contributed by atoms with Crippen LogP contribution in [0, 0.1) is 11.6 Å². The van der Waals surface area contributed by atoms with Crippen molar-refractivity contribution in [1.29, 1.82) is 0 Å². The Labute approximate surface area is 235 Å². The van der Waals surface area contributed by atoms with Gasteiger partial charge in [0.05, 0.1) is 51.9 Å². The van der Waals surface area contributed by atoms with E-state index in [1.807, 2.05) is 12.1 Å². The van der Waals surface area contributed by atoms with E-state index in [2.05, 4.69) is 4.90 Å². The number of nitrogens with zero attached hydrogens (tertiary/aromatic N) is 1. The van der Waals surface area contributed by atoms with Gasteiger partial charge in [-0.15, -0.1) is 0 Å². The fourth-order valence-electron chi connectivity index (χ4n) is 4.74. The number of rotatable bonds is 4. The van der Waals surface area contributed by atoms with Crippen LogP contribution in [0.1, 0.15) is 0 Å². The van der Waals surface area contributed by atoms with Crippen LogP contribution in [0.15, 0.2) is 51.7 Å². The van der Waals surface area contributed by atoms with E-state index < -0.39 is 22.8 Å². The Morgan fingerprint density at radius 3 is 2.39 bits per heavy atom. The highest BCUT2D eigenvalue weighted by Crippen LogP contribution is 2.44. The molecule has 0 fully saturated rings. The van der Waals surface area contributed by atoms with E-state index >= 15 is 0 Å². The maximum absolute atomic E-state index is 14.6. The molecule has 0 amide bonds. The van der Waals surface area contributed by atoms with Crippen LogP contribution in [0.2, 0.25) is 0 Å². The van der Waals surface area contributed by atoms with Gasteiger partial charge in [0.1, 0.15) is 23.7 Å². The molecule has 41 heavy (non-hydrogen) atoms. The average molecular weight is 572 g/mol. The van der Waals surface area contributed by atoms with Crippen molar-refractivity contribution in [2.75, 3.05) is 78.0 Å². The number of methoxy groups -OCH3 is 1. The third-order valence-corrected chi connectivity index (χ3v) is 6.73. The van der Waals surface area contributed by atoms with Crippen LogP contribution in [-0.2, 0) is 18.9 Å². The van der Waals surface area contributed by atoms with Gasteiger partial charge in [-0.2, -0.15) is 0 Å². The summed E-state index contributed by atoms with van der Waals surface area (Å²) in [5, 5.41) is 10.3. The van der Waals surface area contributed by atoms with Gasteiger partial charge in [0.2, 0.25) is 5.43 Å². The molecule has 5 rings (SSSR count). The topological polar surface area (TPSA) is 99.8 Å². The number of fused-ring (bicyclic) bond motifs is 3. The van der Waals surface area contributed by atoms with Crippen molar-refractivity contribution < 1.29 is 42.0 Å². The molecule has 0 aromatic heterocycles. The Bertz CT molecular complexity index is 1520. The second-order valence-corrected chi connectivity index (χ2v) is 9.40. The molecule has 0 saturated carbocycles. The molecule has 2 aromatic carbocycles. The van der Waals surface area contributed by atoms with Crippen LogP contribution >= 0.6 is 0 Å². The summed E-state index contributed by atoms with van der Waals surface area (Å²) in [4.78, 5) is 14.2. The molecular formula is C30H31F2NO8. The van der Waals surface area contributed by atoms with Crippen molar-refractivity contribution in [3.05, 3.63) is 64.3 Å². The molecule has 0 unspecified atom stereocenters. The van der Waals surface area contributed by atoms with Gasteiger partial charge >= 0.3 is 0 Å². The average Bonchev–Trinajstić information content (AvgIpc) is 2.96. The maximum Gasteiger partial charge on any atom is 0.217 e. The second-order valence-electron chi connectivity index (χ2n) is 9.40. The van der Waals surface area contributed by atoms with Gasteiger partial charge in [0.15, 0.2) is 17.4 Å². The number of benzene rings is 3.